The predicted molar refractivity (Wildman–Crippen MR) is 54.6 cm³/mol. The summed E-state index contributed by atoms with van der Waals surface area (Å²) in [4.78, 5) is 13.8. The van der Waals surface area contributed by atoms with Crippen LogP contribution in [0, 0.1) is 5.92 Å². The first kappa shape index (κ1) is 10.5. The fourth-order valence-corrected chi connectivity index (χ4v) is 1.93. The van der Waals surface area contributed by atoms with Crippen LogP contribution in [0.1, 0.15) is 26.7 Å². The Hall–Kier alpha value is -0.630. The van der Waals surface area contributed by atoms with Crippen LogP contribution in [0.15, 0.2) is 12.7 Å². The summed E-state index contributed by atoms with van der Waals surface area (Å²) in [6.45, 7) is 8.87. The van der Waals surface area contributed by atoms with Gasteiger partial charge in [-0.2, -0.15) is 0 Å². The Morgan fingerprint density at radius 2 is 2.31 bits per heavy atom. The molecule has 1 rings (SSSR count). The zero-order chi connectivity index (χ0) is 10.1. The van der Waals surface area contributed by atoms with Crippen LogP contribution in [0.2, 0.25) is 0 Å². The van der Waals surface area contributed by atoms with E-state index in [0.717, 1.165) is 13.0 Å². The molecule has 1 heterocycles. The summed E-state index contributed by atoms with van der Waals surface area (Å²) in [5, 5.41) is 0. The third-order valence-electron chi connectivity index (χ3n) is 3.07. The Labute approximate surface area is 80.6 Å². The highest BCUT2D eigenvalue weighted by Crippen LogP contribution is 2.31. The van der Waals surface area contributed by atoms with Crippen LogP contribution in [0.5, 0.6) is 0 Å². The smallest absolute Gasteiger partial charge is 0.141 e. The van der Waals surface area contributed by atoms with E-state index >= 15 is 0 Å². The first-order chi connectivity index (χ1) is 5.97. The van der Waals surface area contributed by atoms with E-state index in [1.54, 1.807) is 6.08 Å². The Balaban J connectivity index is 2.58. The van der Waals surface area contributed by atoms with E-state index in [9.17, 15) is 4.79 Å². The average Bonchev–Trinajstić information content (AvgIpc) is 2.27. The van der Waals surface area contributed by atoms with Gasteiger partial charge in [-0.1, -0.05) is 6.08 Å². The highest BCUT2D eigenvalue weighted by Gasteiger charge is 2.38. The molecule has 0 radical (unpaired) electrons. The van der Waals surface area contributed by atoms with Crippen LogP contribution in [-0.4, -0.2) is 29.8 Å². The lowest BCUT2D eigenvalue weighted by atomic mass is 9.92. The molecule has 0 saturated carbocycles. The van der Waals surface area contributed by atoms with Crippen molar-refractivity contribution < 1.29 is 4.79 Å². The van der Waals surface area contributed by atoms with Gasteiger partial charge in [0.05, 0.1) is 0 Å². The molecule has 0 amide bonds. The second-order valence-corrected chi connectivity index (χ2v) is 4.55. The summed E-state index contributed by atoms with van der Waals surface area (Å²) in [5.41, 5.74) is 0.182. The minimum atomic E-state index is 0.182. The molecule has 0 bridgehead atoms. The van der Waals surface area contributed by atoms with Crippen LogP contribution in [0.25, 0.3) is 0 Å². The Morgan fingerprint density at radius 1 is 1.69 bits per heavy atom. The van der Waals surface area contributed by atoms with Crippen LogP contribution in [0.4, 0.5) is 0 Å². The lowest BCUT2D eigenvalue weighted by Crippen LogP contribution is -2.34. The van der Waals surface area contributed by atoms with Gasteiger partial charge in [-0.25, -0.2) is 0 Å². The highest BCUT2D eigenvalue weighted by atomic mass is 16.1. The van der Waals surface area contributed by atoms with Crippen LogP contribution >= 0.6 is 0 Å². The first-order valence-corrected chi connectivity index (χ1v) is 4.82. The lowest BCUT2D eigenvalue weighted by molar-refractivity contribution is -0.121. The molecular formula is C11H19NO. The normalized spacial score (nSPS) is 27.5. The van der Waals surface area contributed by atoms with Gasteiger partial charge >= 0.3 is 0 Å². The van der Waals surface area contributed by atoms with Crippen molar-refractivity contribution >= 4 is 5.78 Å². The van der Waals surface area contributed by atoms with E-state index in [1.807, 2.05) is 0 Å². The van der Waals surface area contributed by atoms with Crippen molar-refractivity contribution in [1.29, 1.82) is 0 Å². The molecule has 0 spiro atoms. The molecule has 0 N–H and O–H groups in total. The average molecular weight is 181 g/mol. The summed E-state index contributed by atoms with van der Waals surface area (Å²) in [7, 11) is 2.08. The monoisotopic (exact) mass is 181 g/mol. The summed E-state index contributed by atoms with van der Waals surface area (Å²) >= 11 is 0. The molecule has 0 aromatic heterocycles. The van der Waals surface area contributed by atoms with Gasteiger partial charge < -0.3 is 4.90 Å². The van der Waals surface area contributed by atoms with Gasteiger partial charge in [-0.15, -0.1) is 6.58 Å². The number of hydrogen-bond donors (Lipinski definition) is 0. The fourth-order valence-electron chi connectivity index (χ4n) is 1.93. The van der Waals surface area contributed by atoms with Crippen LogP contribution in [0.3, 0.4) is 0 Å². The first-order valence-electron chi connectivity index (χ1n) is 4.82. The molecule has 2 heteroatoms. The molecule has 1 aliphatic rings. The molecule has 0 aromatic carbocycles. The van der Waals surface area contributed by atoms with Crippen molar-refractivity contribution in [3.05, 3.63) is 12.7 Å². The van der Waals surface area contributed by atoms with Gasteiger partial charge in [0.2, 0.25) is 0 Å². The third kappa shape index (κ3) is 2.19. The van der Waals surface area contributed by atoms with Crippen molar-refractivity contribution in [2.75, 3.05) is 13.6 Å². The van der Waals surface area contributed by atoms with Crippen LogP contribution in [-0.2, 0) is 4.79 Å². The Morgan fingerprint density at radius 3 is 2.69 bits per heavy atom. The number of carbonyl (C=O) groups excluding carboxylic acids is 1. The summed E-state index contributed by atoms with van der Waals surface area (Å²) in [6.07, 6.45) is 3.21. The number of likely N-dealkylation sites (tertiary alicyclic amines) is 1. The fraction of sp³-hybridized carbons (Fsp3) is 0.727. The summed E-state index contributed by atoms with van der Waals surface area (Å²) in [5.74, 6) is 0.561. The number of nitrogens with zero attached hydrogens (tertiary/aromatic N) is 1. The highest BCUT2D eigenvalue weighted by molar-refractivity contribution is 5.82. The Bertz CT molecular complexity index is 220. The van der Waals surface area contributed by atoms with Gasteiger partial charge in [0.25, 0.3) is 0 Å². The maximum Gasteiger partial charge on any atom is 0.141 e. The molecule has 2 nitrogen and oxygen atoms in total. The quantitative estimate of drug-likeness (QED) is 0.619. The molecule has 1 atom stereocenters. The van der Waals surface area contributed by atoms with Crippen LogP contribution < -0.4 is 0 Å². The number of carbonyl (C=O) groups is 1. The SMILES string of the molecule is C=CCC(=O)[C@@H]1CN(C)C(C)(C)C1. The topological polar surface area (TPSA) is 20.3 Å². The second-order valence-electron chi connectivity index (χ2n) is 4.55. The summed E-state index contributed by atoms with van der Waals surface area (Å²) in [6, 6.07) is 0. The minimum absolute atomic E-state index is 0.182. The van der Waals surface area contributed by atoms with Gasteiger partial charge in [-0.05, 0) is 27.3 Å². The zero-order valence-electron chi connectivity index (χ0n) is 8.84. The molecule has 1 aliphatic heterocycles. The summed E-state index contributed by atoms with van der Waals surface area (Å²) < 4.78 is 0. The van der Waals surface area contributed by atoms with Gasteiger partial charge in [0, 0.05) is 24.4 Å². The number of rotatable bonds is 3. The maximum absolute atomic E-state index is 11.6. The van der Waals surface area contributed by atoms with Gasteiger partial charge in [0.15, 0.2) is 0 Å². The van der Waals surface area contributed by atoms with E-state index in [0.29, 0.717) is 12.2 Å². The molecule has 1 fully saturated rings. The largest absolute Gasteiger partial charge is 0.301 e. The third-order valence-corrected chi connectivity index (χ3v) is 3.07. The minimum Gasteiger partial charge on any atom is -0.301 e. The van der Waals surface area contributed by atoms with E-state index in [1.165, 1.54) is 0 Å². The van der Waals surface area contributed by atoms with E-state index in [4.69, 9.17) is 0 Å². The lowest BCUT2D eigenvalue weighted by Gasteiger charge is -2.26. The van der Waals surface area contributed by atoms with E-state index < -0.39 is 0 Å². The van der Waals surface area contributed by atoms with E-state index in [-0.39, 0.29) is 11.5 Å². The second kappa shape index (κ2) is 3.62. The number of hydrogen-bond acceptors (Lipinski definition) is 2. The van der Waals surface area contributed by atoms with Crippen molar-refractivity contribution in [3.8, 4) is 0 Å². The van der Waals surface area contributed by atoms with Crippen molar-refractivity contribution in [3.63, 3.8) is 0 Å². The predicted octanol–water partition coefficient (Wildman–Crippen LogP) is 1.86. The van der Waals surface area contributed by atoms with E-state index in [2.05, 4.69) is 32.4 Å². The molecule has 74 valence electrons. The van der Waals surface area contributed by atoms with Crippen molar-refractivity contribution in [1.82, 2.24) is 4.90 Å². The molecule has 13 heavy (non-hydrogen) atoms. The van der Waals surface area contributed by atoms with Gasteiger partial charge in [0.1, 0.15) is 5.78 Å². The van der Waals surface area contributed by atoms with Crippen molar-refractivity contribution in [2.24, 2.45) is 5.92 Å². The standard InChI is InChI=1S/C11H19NO/c1-5-6-10(13)9-7-11(2,3)12(4)8-9/h5,9H,1,6-8H2,2-4H3/t9-/m0/s1. The zero-order valence-corrected chi connectivity index (χ0v) is 8.84. The van der Waals surface area contributed by atoms with Crippen molar-refractivity contribution in [2.45, 2.75) is 32.2 Å². The number of Topliss-reactive ketones (excluding diaryl/α,β-unsaturated/α-hetero) is 1. The van der Waals surface area contributed by atoms with Gasteiger partial charge in [-0.3, -0.25) is 4.79 Å². The molecule has 0 aliphatic carbocycles. The number of allylic oxidation sites excluding steroid dienone is 1. The molecule has 1 saturated heterocycles. The maximum atomic E-state index is 11.6. The number of ketones is 1. The molecule has 0 unspecified atom stereocenters. The molecular weight excluding hydrogens is 162 g/mol. The Kier molecular flexibility index (Phi) is 2.91. The molecule has 0 aromatic rings.